The molecular formula is C9H21NO2Si. The number of ether oxygens (including phenoxy) is 2. The summed E-state index contributed by atoms with van der Waals surface area (Å²) in [7, 11) is 3.23. The second kappa shape index (κ2) is 6.54. The van der Waals surface area contributed by atoms with E-state index in [4.69, 9.17) is 9.47 Å². The van der Waals surface area contributed by atoms with Crippen LogP contribution in [0.3, 0.4) is 0 Å². The summed E-state index contributed by atoms with van der Waals surface area (Å²) in [6.45, 7) is 2.57. The van der Waals surface area contributed by atoms with E-state index < -0.39 is 0 Å². The molecule has 0 aliphatic carbocycles. The molecule has 1 aliphatic rings. The molecule has 0 aromatic rings. The molecule has 1 rings (SSSR count). The molecule has 1 fully saturated rings. The van der Waals surface area contributed by atoms with Gasteiger partial charge in [0.2, 0.25) is 0 Å². The maximum absolute atomic E-state index is 5.20. The summed E-state index contributed by atoms with van der Waals surface area (Å²) in [4.78, 5) is 2.56. The average Bonchev–Trinajstić information content (AvgIpc) is 2.21. The Labute approximate surface area is 83.2 Å². The molecule has 0 unspecified atom stereocenters. The summed E-state index contributed by atoms with van der Waals surface area (Å²) in [5, 5.41) is 0. The van der Waals surface area contributed by atoms with Gasteiger partial charge in [-0.1, -0.05) is 6.42 Å². The van der Waals surface area contributed by atoms with Crippen LogP contribution in [0, 0.1) is 0 Å². The molecule has 78 valence electrons. The molecule has 0 saturated carbocycles. The van der Waals surface area contributed by atoms with Crippen molar-refractivity contribution in [2.24, 2.45) is 0 Å². The predicted molar refractivity (Wildman–Crippen MR) is 56.6 cm³/mol. The lowest BCUT2D eigenvalue weighted by Crippen LogP contribution is -2.38. The number of rotatable bonds is 5. The third-order valence-corrected chi connectivity index (χ3v) is 4.68. The number of hydrogen-bond donors (Lipinski definition) is 0. The molecule has 0 N–H and O–H groups in total. The SMILES string of the molecule is COC(OC)[SiH2]CN1CCCCC1. The Kier molecular flexibility index (Phi) is 5.62. The molecule has 0 amide bonds. The van der Waals surface area contributed by atoms with Crippen LogP contribution in [0.5, 0.6) is 0 Å². The van der Waals surface area contributed by atoms with Crippen LogP contribution in [0.15, 0.2) is 0 Å². The zero-order chi connectivity index (χ0) is 9.52. The quantitative estimate of drug-likeness (QED) is 0.470. The maximum Gasteiger partial charge on any atom is 0.135 e. The van der Waals surface area contributed by atoms with Crippen molar-refractivity contribution < 1.29 is 9.47 Å². The lowest BCUT2D eigenvalue weighted by molar-refractivity contribution is -0.0449. The van der Waals surface area contributed by atoms with E-state index in [1.165, 1.54) is 38.5 Å². The van der Waals surface area contributed by atoms with Crippen LogP contribution in [0.4, 0.5) is 0 Å². The van der Waals surface area contributed by atoms with Crippen molar-refractivity contribution >= 4 is 9.52 Å². The smallest absolute Gasteiger partial charge is 0.135 e. The van der Waals surface area contributed by atoms with Gasteiger partial charge in [0.25, 0.3) is 0 Å². The monoisotopic (exact) mass is 203 g/mol. The summed E-state index contributed by atoms with van der Waals surface area (Å²) in [6, 6.07) is 0. The zero-order valence-corrected chi connectivity index (χ0v) is 10.2. The first kappa shape index (κ1) is 11.2. The zero-order valence-electron chi connectivity index (χ0n) is 8.79. The van der Waals surface area contributed by atoms with E-state index in [0.29, 0.717) is 0 Å². The van der Waals surface area contributed by atoms with Crippen LogP contribution >= 0.6 is 0 Å². The molecule has 0 aromatic carbocycles. The topological polar surface area (TPSA) is 21.7 Å². The molecule has 0 radical (unpaired) electrons. The maximum atomic E-state index is 5.20. The minimum Gasteiger partial charge on any atom is -0.360 e. The van der Waals surface area contributed by atoms with E-state index in [-0.39, 0.29) is 15.4 Å². The van der Waals surface area contributed by atoms with E-state index in [1.807, 2.05) is 0 Å². The predicted octanol–water partition coefficient (Wildman–Crippen LogP) is 0.175. The highest BCUT2D eigenvalue weighted by Gasteiger charge is 2.13. The Morgan fingerprint density at radius 3 is 2.31 bits per heavy atom. The molecule has 0 aromatic heterocycles. The third-order valence-electron chi connectivity index (χ3n) is 2.66. The van der Waals surface area contributed by atoms with E-state index in [9.17, 15) is 0 Å². The highest BCUT2D eigenvalue weighted by molar-refractivity contribution is 6.36. The first-order chi connectivity index (χ1) is 6.36. The van der Waals surface area contributed by atoms with Gasteiger partial charge in [-0.25, -0.2) is 0 Å². The largest absolute Gasteiger partial charge is 0.360 e. The van der Waals surface area contributed by atoms with Crippen LogP contribution in [-0.4, -0.2) is 53.8 Å². The molecule has 1 heterocycles. The fourth-order valence-corrected chi connectivity index (χ4v) is 3.30. The van der Waals surface area contributed by atoms with Gasteiger partial charge in [0, 0.05) is 14.2 Å². The Morgan fingerprint density at radius 1 is 1.15 bits per heavy atom. The fourth-order valence-electron chi connectivity index (χ4n) is 1.80. The number of nitrogens with zero attached hydrogens (tertiary/aromatic N) is 1. The summed E-state index contributed by atoms with van der Waals surface area (Å²) in [5.41, 5.74) is 0. The Hall–Kier alpha value is 0.0969. The average molecular weight is 203 g/mol. The fraction of sp³-hybridized carbons (Fsp3) is 1.00. The van der Waals surface area contributed by atoms with Crippen molar-refractivity contribution in [3.63, 3.8) is 0 Å². The van der Waals surface area contributed by atoms with E-state index in [1.54, 1.807) is 14.2 Å². The highest BCUT2D eigenvalue weighted by atomic mass is 28.2. The molecule has 0 bridgehead atoms. The van der Waals surface area contributed by atoms with Gasteiger partial charge in [-0.2, -0.15) is 0 Å². The van der Waals surface area contributed by atoms with Crippen LogP contribution in [0.2, 0.25) is 0 Å². The molecule has 4 heteroatoms. The Morgan fingerprint density at radius 2 is 1.77 bits per heavy atom. The highest BCUT2D eigenvalue weighted by Crippen LogP contribution is 2.07. The van der Waals surface area contributed by atoms with Crippen molar-refractivity contribution in [3.8, 4) is 0 Å². The lowest BCUT2D eigenvalue weighted by atomic mass is 10.1. The second-order valence-corrected chi connectivity index (χ2v) is 5.28. The van der Waals surface area contributed by atoms with Crippen LogP contribution < -0.4 is 0 Å². The van der Waals surface area contributed by atoms with E-state index in [0.717, 1.165) is 0 Å². The van der Waals surface area contributed by atoms with Crippen molar-refractivity contribution in [2.45, 2.75) is 25.2 Å². The van der Waals surface area contributed by atoms with Gasteiger partial charge in [-0.05, 0) is 32.1 Å². The van der Waals surface area contributed by atoms with Gasteiger partial charge < -0.3 is 14.4 Å². The number of methoxy groups -OCH3 is 2. The molecule has 1 aliphatic heterocycles. The normalized spacial score (nSPS) is 20.5. The number of piperidine rings is 1. The summed E-state index contributed by atoms with van der Waals surface area (Å²) in [5.74, 6) is 0.113. The molecule has 13 heavy (non-hydrogen) atoms. The summed E-state index contributed by atoms with van der Waals surface area (Å²) in [6.07, 6.45) is 5.40. The number of hydrogen-bond acceptors (Lipinski definition) is 3. The Balaban J connectivity index is 2.09. The summed E-state index contributed by atoms with van der Waals surface area (Å²) < 4.78 is 10.4. The minimum atomic E-state index is -0.238. The van der Waals surface area contributed by atoms with Gasteiger partial charge in [0.15, 0.2) is 0 Å². The van der Waals surface area contributed by atoms with Gasteiger partial charge >= 0.3 is 0 Å². The van der Waals surface area contributed by atoms with Crippen molar-refractivity contribution in [2.75, 3.05) is 33.5 Å². The first-order valence-electron chi connectivity index (χ1n) is 5.14. The summed E-state index contributed by atoms with van der Waals surface area (Å²) >= 11 is 0. The second-order valence-electron chi connectivity index (χ2n) is 3.59. The van der Waals surface area contributed by atoms with Crippen LogP contribution in [0.25, 0.3) is 0 Å². The standard InChI is InChI=1S/C9H21NO2Si/c1-11-9(12-2)13-8-10-6-4-3-5-7-10/h9H,3-8,13H2,1-2H3. The lowest BCUT2D eigenvalue weighted by Gasteiger charge is -2.27. The van der Waals surface area contributed by atoms with Crippen LogP contribution in [0.1, 0.15) is 19.3 Å². The van der Waals surface area contributed by atoms with E-state index >= 15 is 0 Å². The molecule has 0 atom stereocenters. The van der Waals surface area contributed by atoms with Gasteiger partial charge in [-0.15, -0.1) is 0 Å². The van der Waals surface area contributed by atoms with Crippen molar-refractivity contribution in [1.82, 2.24) is 4.90 Å². The minimum absolute atomic E-state index is 0.113. The Bertz CT molecular complexity index is 125. The molecule has 3 nitrogen and oxygen atoms in total. The van der Waals surface area contributed by atoms with Crippen LogP contribution in [-0.2, 0) is 9.47 Å². The third kappa shape index (κ3) is 4.22. The van der Waals surface area contributed by atoms with Gasteiger partial charge in [0.05, 0.1) is 0 Å². The molecule has 1 saturated heterocycles. The van der Waals surface area contributed by atoms with Gasteiger partial charge in [0.1, 0.15) is 15.4 Å². The number of likely N-dealkylation sites (tertiary alicyclic amines) is 1. The molecular weight excluding hydrogens is 182 g/mol. The first-order valence-corrected chi connectivity index (χ1v) is 6.96. The van der Waals surface area contributed by atoms with E-state index in [2.05, 4.69) is 4.90 Å². The van der Waals surface area contributed by atoms with Gasteiger partial charge in [-0.3, -0.25) is 0 Å². The van der Waals surface area contributed by atoms with Crippen molar-refractivity contribution in [3.05, 3.63) is 0 Å². The molecule has 0 spiro atoms. The van der Waals surface area contributed by atoms with Crippen molar-refractivity contribution in [1.29, 1.82) is 0 Å².